The first-order chi connectivity index (χ1) is 31.2. The van der Waals surface area contributed by atoms with Crippen molar-refractivity contribution in [2.75, 3.05) is 26.4 Å². The number of allylic oxidation sites excluding steroid dienone is 12. The fourth-order valence-electron chi connectivity index (χ4n) is 6.84. The molecule has 0 aromatic rings. The highest BCUT2D eigenvalue weighted by atomic mass is 31.2. The van der Waals surface area contributed by atoms with Crippen molar-refractivity contribution in [3.63, 3.8) is 0 Å². The molecular formula is C53H94NO9P. The van der Waals surface area contributed by atoms with Gasteiger partial charge in [0.05, 0.1) is 19.8 Å². The lowest BCUT2D eigenvalue weighted by Gasteiger charge is -2.20. The van der Waals surface area contributed by atoms with Crippen LogP contribution < -0.4 is 5.73 Å². The Balaban J connectivity index is 4.20. The van der Waals surface area contributed by atoms with Crippen LogP contribution in [0.3, 0.4) is 0 Å². The van der Waals surface area contributed by atoms with E-state index in [-0.39, 0.29) is 13.0 Å². The summed E-state index contributed by atoms with van der Waals surface area (Å²) in [4.78, 5) is 33.7. The molecule has 64 heavy (non-hydrogen) atoms. The van der Waals surface area contributed by atoms with E-state index in [1.54, 1.807) is 0 Å². The molecule has 0 aliphatic carbocycles. The van der Waals surface area contributed by atoms with Gasteiger partial charge in [0, 0.05) is 13.0 Å². The minimum absolute atomic E-state index is 0.00217. The number of carboxylic acids is 1. The summed E-state index contributed by atoms with van der Waals surface area (Å²) in [6, 6.07) is -1.48. The topological polar surface area (TPSA) is 155 Å². The zero-order chi connectivity index (χ0) is 46.9. The molecule has 4 N–H and O–H groups in total. The molecule has 0 fully saturated rings. The molecule has 0 saturated heterocycles. The molecule has 0 bridgehead atoms. The molecule has 370 valence electrons. The number of esters is 1. The maximum atomic E-state index is 12.7. The molecule has 0 heterocycles. The zero-order valence-corrected chi connectivity index (χ0v) is 41.5. The van der Waals surface area contributed by atoms with Crippen molar-refractivity contribution in [2.45, 2.75) is 225 Å². The van der Waals surface area contributed by atoms with Gasteiger partial charge >= 0.3 is 19.8 Å². The number of aliphatic carboxylic acids is 1. The Morgan fingerprint density at radius 2 is 0.906 bits per heavy atom. The maximum absolute atomic E-state index is 12.7. The number of carboxylic acid groups (broad SMARTS) is 1. The van der Waals surface area contributed by atoms with Crippen LogP contribution in [0.15, 0.2) is 72.9 Å². The average Bonchev–Trinajstić information content (AvgIpc) is 3.28. The standard InChI is InChI=1S/C53H94NO9P/c1-3-5-7-9-11-13-15-17-19-21-23-24-25-26-27-28-30-32-34-36-38-40-42-44-46-60-47-50(48-61-64(58,59)62-49-51(54)53(56)57)63-52(55)45-43-41-39-37-35-33-31-29-22-20-18-16-14-12-10-8-6-4-2/h5,7,11,13,17,19,23-24,26-27,30,32,50-51H,3-4,6,8-10,12,14-16,18,20-22,25,28-29,31,33-49,54H2,1-2H3,(H,56,57)(H,58,59)/b7-5-,13-11-,19-17-,24-23-,27-26-,32-30-. The largest absolute Gasteiger partial charge is 0.480 e. The van der Waals surface area contributed by atoms with Crippen LogP contribution in [0.5, 0.6) is 0 Å². The lowest BCUT2D eigenvalue weighted by molar-refractivity contribution is -0.154. The summed E-state index contributed by atoms with van der Waals surface area (Å²) in [5, 5.41) is 8.93. The second-order valence-corrected chi connectivity index (χ2v) is 18.4. The molecule has 0 amide bonds. The van der Waals surface area contributed by atoms with Crippen molar-refractivity contribution in [1.82, 2.24) is 0 Å². The van der Waals surface area contributed by atoms with Crippen molar-refractivity contribution in [3.8, 4) is 0 Å². The van der Waals surface area contributed by atoms with Gasteiger partial charge in [0.25, 0.3) is 0 Å². The Bertz CT molecular complexity index is 1290. The summed E-state index contributed by atoms with van der Waals surface area (Å²) in [7, 11) is -4.63. The second-order valence-electron chi connectivity index (χ2n) is 16.9. The third-order valence-electron chi connectivity index (χ3n) is 10.8. The van der Waals surface area contributed by atoms with Gasteiger partial charge in [-0.3, -0.25) is 18.6 Å². The highest BCUT2D eigenvalue weighted by molar-refractivity contribution is 7.47. The Hall–Kier alpha value is -2.59. The van der Waals surface area contributed by atoms with Crippen LogP contribution in [0.4, 0.5) is 0 Å². The lowest BCUT2D eigenvalue weighted by atomic mass is 10.0. The number of hydrogen-bond donors (Lipinski definition) is 3. The molecule has 0 rings (SSSR count). The van der Waals surface area contributed by atoms with Crippen molar-refractivity contribution < 1.29 is 42.7 Å². The Kier molecular flexibility index (Phi) is 46.4. The van der Waals surface area contributed by atoms with E-state index in [1.165, 1.54) is 89.9 Å². The van der Waals surface area contributed by atoms with Gasteiger partial charge in [0.15, 0.2) is 0 Å². The number of unbranched alkanes of at least 4 members (excludes halogenated alkanes) is 22. The van der Waals surface area contributed by atoms with Gasteiger partial charge in [0.1, 0.15) is 12.1 Å². The minimum Gasteiger partial charge on any atom is -0.480 e. The molecule has 0 saturated carbocycles. The van der Waals surface area contributed by atoms with E-state index in [1.807, 2.05) is 0 Å². The molecule has 0 radical (unpaired) electrons. The number of ether oxygens (including phenoxy) is 2. The summed E-state index contributed by atoms with van der Waals surface area (Å²) in [6.07, 6.45) is 61.0. The van der Waals surface area contributed by atoms with Crippen molar-refractivity contribution in [1.29, 1.82) is 0 Å². The van der Waals surface area contributed by atoms with E-state index in [0.29, 0.717) is 13.0 Å². The van der Waals surface area contributed by atoms with Crippen molar-refractivity contribution in [2.24, 2.45) is 5.73 Å². The smallest absolute Gasteiger partial charge is 0.472 e. The van der Waals surface area contributed by atoms with Crippen molar-refractivity contribution >= 4 is 19.8 Å². The van der Waals surface area contributed by atoms with E-state index in [2.05, 4.69) is 86.8 Å². The van der Waals surface area contributed by atoms with Gasteiger partial charge in [-0.2, -0.15) is 0 Å². The first-order valence-electron chi connectivity index (χ1n) is 25.5. The zero-order valence-electron chi connectivity index (χ0n) is 40.6. The molecule has 3 unspecified atom stereocenters. The summed E-state index contributed by atoms with van der Waals surface area (Å²) in [6.45, 7) is 3.74. The number of hydrogen-bond acceptors (Lipinski definition) is 8. The third-order valence-corrected chi connectivity index (χ3v) is 11.7. The quantitative estimate of drug-likeness (QED) is 0.0232. The fourth-order valence-corrected chi connectivity index (χ4v) is 7.62. The van der Waals surface area contributed by atoms with Crippen LogP contribution in [0, 0.1) is 0 Å². The molecule has 0 aliphatic heterocycles. The summed E-state index contributed by atoms with van der Waals surface area (Å²) in [5.41, 5.74) is 5.37. The fraction of sp³-hybridized carbons (Fsp3) is 0.736. The van der Waals surface area contributed by atoms with Gasteiger partial charge in [-0.25, -0.2) is 4.57 Å². The normalized spacial score (nSPS) is 14.3. The predicted octanol–water partition coefficient (Wildman–Crippen LogP) is 14.9. The van der Waals surface area contributed by atoms with Crippen LogP contribution >= 0.6 is 7.82 Å². The highest BCUT2D eigenvalue weighted by Gasteiger charge is 2.27. The Morgan fingerprint density at radius 1 is 0.516 bits per heavy atom. The molecule has 10 nitrogen and oxygen atoms in total. The van der Waals surface area contributed by atoms with Crippen LogP contribution in [-0.4, -0.2) is 60.5 Å². The Morgan fingerprint density at radius 3 is 1.36 bits per heavy atom. The van der Waals surface area contributed by atoms with E-state index in [9.17, 15) is 19.0 Å². The van der Waals surface area contributed by atoms with Gasteiger partial charge in [0.2, 0.25) is 0 Å². The van der Waals surface area contributed by atoms with Crippen LogP contribution in [0.1, 0.15) is 213 Å². The molecule has 0 aliphatic rings. The summed E-state index contributed by atoms with van der Waals surface area (Å²) in [5.74, 6) is -1.79. The Labute approximate surface area is 391 Å². The third kappa shape index (κ3) is 47.4. The molecule has 11 heteroatoms. The number of carbonyl (C=O) groups excluding carboxylic acids is 1. The number of phosphoric ester groups is 1. The van der Waals surface area contributed by atoms with Crippen LogP contribution in [0.2, 0.25) is 0 Å². The highest BCUT2D eigenvalue weighted by Crippen LogP contribution is 2.43. The number of nitrogens with two attached hydrogens (primary N) is 1. The predicted molar refractivity (Wildman–Crippen MR) is 267 cm³/mol. The van der Waals surface area contributed by atoms with Crippen LogP contribution in [0.25, 0.3) is 0 Å². The van der Waals surface area contributed by atoms with E-state index in [0.717, 1.165) is 96.3 Å². The average molecular weight is 920 g/mol. The van der Waals surface area contributed by atoms with E-state index >= 15 is 0 Å². The molecule has 0 spiro atoms. The van der Waals surface area contributed by atoms with E-state index < -0.39 is 45.1 Å². The minimum atomic E-state index is -4.63. The molecule has 0 aromatic heterocycles. The number of phosphoric acid groups is 1. The molecular weight excluding hydrogens is 826 g/mol. The molecule has 3 atom stereocenters. The SMILES string of the molecule is CC/C=C\C/C=C\C/C=C\C/C=C\C/C=C\C/C=C\CCCCCCCOCC(COP(=O)(O)OCC(N)C(=O)O)OC(=O)CCCCCCCCCCCCCCCCCCCC. The number of carbonyl (C=O) groups is 2. The van der Waals surface area contributed by atoms with E-state index in [4.69, 9.17) is 29.4 Å². The molecule has 0 aromatic carbocycles. The van der Waals surface area contributed by atoms with Crippen LogP contribution in [-0.2, 0) is 32.7 Å². The van der Waals surface area contributed by atoms with Gasteiger partial charge < -0.3 is 25.2 Å². The first-order valence-corrected chi connectivity index (χ1v) is 27.0. The summed E-state index contributed by atoms with van der Waals surface area (Å²) < 4.78 is 33.5. The summed E-state index contributed by atoms with van der Waals surface area (Å²) >= 11 is 0. The van der Waals surface area contributed by atoms with Gasteiger partial charge in [-0.05, 0) is 64.2 Å². The number of rotatable bonds is 48. The lowest BCUT2D eigenvalue weighted by Crippen LogP contribution is -2.34. The van der Waals surface area contributed by atoms with Gasteiger partial charge in [-0.15, -0.1) is 0 Å². The maximum Gasteiger partial charge on any atom is 0.472 e. The van der Waals surface area contributed by atoms with Gasteiger partial charge in [-0.1, -0.05) is 215 Å². The first kappa shape index (κ1) is 61.4. The second kappa shape index (κ2) is 48.3. The van der Waals surface area contributed by atoms with Crippen molar-refractivity contribution in [3.05, 3.63) is 72.9 Å². The monoisotopic (exact) mass is 920 g/mol.